The lowest BCUT2D eigenvalue weighted by molar-refractivity contribution is -0.136. The van der Waals surface area contributed by atoms with E-state index in [1.807, 2.05) is 65.6 Å². The van der Waals surface area contributed by atoms with Gasteiger partial charge in [0.2, 0.25) is 12.7 Å². The number of hydrogen-bond donors (Lipinski definition) is 0. The summed E-state index contributed by atoms with van der Waals surface area (Å²) in [6.45, 7) is 3.87. The molecule has 0 aromatic heterocycles. The average Bonchev–Trinajstić information content (AvgIpc) is 3.43. The maximum atomic E-state index is 14.2. The van der Waals surface area contributed by atoms with Crippen LogP contribution in [0, 0.1) is 0 Å². The molecule has 8 nitrogen and oxygen atoms in total. The first-order valence-electron chi connectivity index (χ1n) is 12.9. The van der Waals surface area contributed by atoms with Gasteiger partial charge in [-0.15, -0.1) is 0 Å². The number of nitrogens with zero attached hydrogens (tertiary/aromatic N) is 3. The Kier molecular flexibility index (Phi) is 6.41. The first kappa shape index (κ1) is 24.3. The van der Waals surface area contributed by atoms with Crippen LogP contribution in [0.4, 0.5) is 0 Å². The monoisotopic (exact) mass is 513 g/mol. The van der Waals surface area contributed by atoms with Gasteiger partial charge in [-0.25, -0.2) is 0 Å². The molecule has 6 rings (SSSR count). The Hall–Kier alpha value is -4.04. The van der Waals surface area contributed by atoms with E-state index in [2.05, 4.69) is 11.0 Å². The molecule has 1 saturated heterocycles. The van der Waals surface area contributed by atoms with E-state index in [4.69, 9.17) is 14.2 Å². The molecule has 0 unspecified atom stereocenters. The highest BCUT2D eigenvalue weighted by Gasteiger charge is 2.44. The molecular weight excluding hydrogens is 482 g/mol. The van der Waals surface area contributed by atoms with Crippen molar-refractivity contribution in [3.05, 3.63) is 89.0 Å². The number of amides is 2. The van der Waals surface area contributed by atoms with Crippen LogP contribution in [0.1, 0.15) is 39.0 Å². The van der Waals surface area contributed by atoms with Crippen molar-refractivity contribution in [2.75, 3.05) is 47.1 Å². The van der Waals surface area contributed by atoms with E-state index in [0.29, 0.717) is 18.7 Å². The summed E-state index contributed by atoms with van der Waals surface area (Å²) in [5.41, 5.74) is 3.47. The van der Waals surface area contributed by atoms with Crippen molar-refractivity contribution >= 4 is 11.8 Å². The van der Waals surface area contributed by atoms with Crippen LogP contribution in [0.3, 0.4) is 0 Å². The highest BCUT2D eigenvalue weighted by atomic mass is 16.7. The fourth-order valence-electron chi connectivity index (χ4n) is 5.78. The van der Waals surface area contributed by atoms with Crippen molar-refractivity contribution in [1.29, 1.82) is 0 Å². The second-order valence-corrected chi connectivity index (χ2v) is 9.99. The summed E-state index contributed by atoms with van der Waals surface area (Å²) in [7, 11) is 3.41. The second kappa shape index (κ2) is 10.0. The summed E-state index contributed by atoms with van der Waals surface area (Å²) in [5.74, 6) is 1.81. The van der Waals surface area contributed by atoms with Gasteiger partial charge in [-0.2, -0.15) is 0 Å². The Balaban J connectivity index is 1.22. The van der Waals surface area contributed by atoms with Gasteiger partial charge in [-0.05, 0) is 47.0 Å². The standard InChI is InChI=1S/C30H31N3O5/c1-31-28(21-8-10-22(36-2)11-9-21)27(23-5-3-4-6-24(23)29(31)34)30(35)33-15-13-32(14-16-33)18-20-7-12-25-26(17-20)38-19-37-25/h3-12,17,27-28H,13-16,18-19H2,1-2H3/t27-,28+/m1/s1. The van der Waals surface area contributed by atoms with Gasteiger partial charge < -0.3 is 24.0 Å². The maximum absolute atomic E-state index is 14.2. The maximum Gasteiger partial charge on any atom is 0.254 e. The Morgan fingerprint density at radius 2 is 1.68 bits per heavy atom. The van der Waals surface area contributed by atoms with Gasteiger partial charge in [0.05, 0.1) is 19.1 Å². The first-order valence-corrected chi connectivity index (χ1v) is 12.9. The van der Waals surface area contributed by atoms with Crippen LogP contribution in [0.5, 0.6) is 17.2 Å². The average molecular weight is 514 g/mol. The molecule has 3 aliphatic heterocycles. The molecule has 0 bridgehead atoms. The molecule has 3 aromatic rings. The molecule has 1 fully saturated rings. The van der Waals surface area contributed by atoms with E-state index >= 15 is 0 Å². The third-order valence-electron chi connectivity index (χ3n) is 7.83. The quantitative estimate of drug-likeness (QED) is 0.519. The number of carbonyl (C=O) groups is 2. The molecule has 3 aliphatic rings. The van der Waals surface area contributed by atoms with E-state index < -0.39 is 12.0 Å². The molecule has 38 heavy (non-hydrogen) atoms. The van der Waals surface area contributed by atoms with Crippen LogP contribution in [-0.4, -0.2) is 73.6 Å². The molecule has 3 heterocycles. The number of carbonyl (C=O) groups excluding carboxylic acids is 2. The predicted octanol–water partition coefficient (Wildman–Crippen LogP) is 3.68. The summed E-state index contributed by atoms with van der Waals surface area (Å²) in [6.07, 6.45) is 0. The summed E-state index contributed by atoms with van der Waals surface area (Å²) in [6, 6.07) is 20.8. The normalized spacial score (nSPS) is 20.8. The third-order valence-corrected chi connectivity index (χ3v) is 7.83. The van der Waals surface area contributed by atoms with Crippen molar-refractivity contribution in [2.24, 2.45) is 0 Å². The highest BCUT2D eigenvalue weighted by molar-refractivity contribution is 6.01. The minimum atomic E-state index is -0.484. The summed E-state index contributed by atoms with van der Waals surface area (Å²) in [4.78, 5) is 33.5. The summed E-state index contributed by atoms with van der Waals surface area (Å²) < 4.78 is 16.3. The number of likely N-dealkylation sites (N-methyl/N-ethyl adjacent to an activating group) is 1. The van der Waals surface area contributed by atoms with Crippen LogP contribution < -0.4 is 14.2 Å². The first-order chi connectivity index (χ1) is 18.5. The fraction of sp³-hybridized carbons (Fsp3) is 0.333. The second-order valence-electron chi connectivity index (χ2n) is 9.99. The van der Waals surface area contributed by atoms with Crippen molar-refractivity contribution < 1.29 is 23.8 Å². The van der Waals surface area contributed by atoms with Crippen LogP contribution in [0.25, 0.3) is 0 Å². The number of hydrogen-bond acceptors (Lipinski definition) is 6. The molecule has 8 heteroatoms. The lowest BCUT2D eigenvalue weighted by atomic mass is 9.79. The number of methoxy groups -OCH3 is 1. The van der Waals surface area contributed by atoms with Crippen molar-refractivity contribution in [1.82, 2.24) is 14.7 Å². The molecule has 196 valence electrons. The Bertz CT molecular complexity index is 1350. The van der Waals surface area contributed by atoms with E-state index in [1.165, 1.54) is 0 Å². The number of rotatable bonds is 5. The predicted molar refractivity (Wildman–Crippen MR) is 141 cm³/mol. The number of piperazine rings is 1. The minimum absolute atomic E-state index is 0.0559. The van der Waals surface area contributed by atoms with E-state index in [-0.39, 0.29) is 18.6 Å². The third kappa shape index (κ3) is 4.35. The van der Waals surface area contributed by atoms with E-state index in [1.54, 1.807) is 19.1 Å². The summed E-state index contributed by atoms with van der Waals surface area (Å²) in [5, 5.41) is 0. The number of ether oxygens (including phenoxy) is 3. The van der Waals surface area contributed by atoms with Gasteiger partial charge in [-0.3, -0.25) is 14.5 Å². The van der Waals surface area contributed by atoms with Crippen LogP contribution in [-0.2, 0) is 11.3 Å². The SMILES string of the molecule is COc1ccc([C@H]2[C@H](C(=O)N3CCN(Cc4ccc5c(c4)OCO5)CC3)c3ccccc3C(=O)N2C)cc1. The van der Waals surface area contributed by atoms with Crippen LogP contribution in [0.15, 0.2) is 66.7 Å². The number of benzene rings is 3. The zero-order chi connectivity index (χ0) is 26.2. The summed E-state index contributed by atoms with van der Waals surface area (Å²) >= 11 is 0. The van der Waals surface area contributed by atoms with E-state index in [9.17, 15) is 9.59 Å². The fourth-order valence-corrected chi connectivity index (χ4v) is 5.78. The lowest BCUT2D eigenvalue weighted by Gasteiger charge is -2.43. The molecule has 0 saturated carbocycles. The van der Waals surface area contributed by atoms with Gasteiger partial charge >= 0.3 is 0 Å². The van der Waals surface area contributed by atoms with Crippen LogP contribution in [0.2, 0.25) is 0 Å². The van der Waals surface area contributed by atoms with Gasteiger partial charge in [0.1, 0.15) is 5.75 Å². The molecule has 3 aromatic carbocycles. The number of fused-ring (bicyclic) bond motifs is 2. The van der Waals surface area contributed by atoms with Gasteiger partial charge in [0.15, 0.2) is 11.5 Å². The highest BCUT2D eigenvalue weighted by Crippen LogP contribution is 2.43. The topological polar surface area (TPSA) is 71.5 Å². The Morgan fingerprint density at radius 1 is 0.947 bits per heavy atom. The molecule has 0 spiro atoms. The molecule has 2 atom stereocenters. The van der Waals surface area contributed by atoms with Crippen molar-refractivity contribution in [3.8, 4) is 17.2 Å². The smallest absolute Gasteiger partial charge is 0.254 e. The lowest BCUT2D eigenvalue weighted by Crippen LogP contribution is -2.52. The van der Waals surface area contributed by atoms with Gasteiger partial charge in [0.25, 0.3) is 5.91 Å². The minimum Gasteiger partial charge on any atom is -0.497 e. The van der Waals surface area contributed by atoms with Crippen molar-refractivity contribution in [3.63, 3.8) is 0 Å². The van der Waals surface area contributed by atoms with E-state index in [0.717, 1.165) is 53.6 Å². The van der Waals surface area contributed by atoms with Crippen LogP contribution >= 0.6 is 0 Å². The molecule has 0 aliphatic carbocycles. The Labute approximate surface area is 222 Å². The zero-order valence-electron chi connectivity index (χ0n) is 21.6. The molecule has 2 amide bonds. The van der Waals surface area contributed by atoms with Gasteiger partial charge in [0, 0.05) is 45.3 Å². The zero-order valence-corrected chi connectivity index (χ0v) is 21.6. The largest absolute Gasteiger partial charge is 0.497 e. The van der Waals surface area contributed by atoms with Gasteiger partial charge in [-0.1, -0.05) is 36.4 Å². The molecule has 0 radical (unpaired) electrons. The molecular formula is C30H31N3O5. The Morgan fingerprint density at radius 3 is 2.45 bits per heavy atom. The van der Waals surface area contributed by atoms with Crippen molar-refractivity contribution in [2.45, 2.75) is 18.5 Å². The molecule has 0 N–H and O–H groups in total.